The summed E-state index contributed by atoms with van der Waals surface area (Å²) >= 11 is 0. The first-order valence-electron chi connectivity index (χ1n) is 7.10. The standard InChI is InChI=1S/C13H21F3N2O2/c1-2-5-17-11-7-20-6-10(11)12(19)18(9-3-4-9)8-13(14,15)16/h9-11,17H,2-8H2,1H3. The molecule has 2 unspecified atom stereocenters. The quantitative estimate of drug-likeness (QED) is 0.808. The predicted octanol–water partition coefficient (Wildman–Crippen LogP) is 1.55. The number of hydrogen-bond donors (Lipinski definition) is 1. The molecule has 2 aliphatic rings. The Morgan fingerprint density at radius 3 is 2.60 bits per heavy atom. The number of nitrogens with one attached hydrogen (secondary N) is 1. The molecule has 4 nitrogen and oxygen atoms in total. The normalized spacial score (nSPS) is 26.8. The SMILES string of the molecule is CCCNC1COCC1C(=O)N(CC(F)(F)F)C1CC1. The van der Waals surface area contributed by atoms with Crippen LogP contribution >= 0.6 is 0 Å². The second-order valence-corrected chi connectivity index (χ2v) is 5.52. The summed E-state index contributed by atoms with van der Waals surface area (Å²) in [6.07, 6.45) is -2.10. The minimum Gasteiger partial charge on any atom is -0.379 e. The highest BCUT2D eigenvalue weighted by Crippen LogP contribution is 2.32. The second kappa shape index (κ2) is 6.30. The lowest BCUT2D eigenvalue weighted by molar-refractivity contribution is -0.165. The summed E-state index contributed by atoms with van der Waals surface area (Å²) in [4.78, 5) is 13.4. The molecule has 1 saturated carbocycles. The van der Waals surface area contributed by atoms with Crippen molar-refractivity contribution in [2.45, 2.75) is 44.4 Å². The molecule has 0 aromatic carbocycles. The van der Waals surface area contributed by atoms with E-state index in [1.54, 1.807) is 0 Å². The van der Waals surface area contributed by atoms with Crippen LogP contribution in [0, 0.1) is 5.92 Å². The van der Waals surface area contributed by atoms with Crippen LogP contribution in [-0.4, -0.2) is 55.4 Å². The highest BCUT2D eigenvalue weighted by Gasteiger charge is 2.45. The zero-order valence-electron chi connectivity index (χ0n) is 11.6. The lowest BCUT2D eigenvalue weighted by Crippen LogP contribution is -2.49. The van der Waals surface area contributed by atoms with Gasteiger partial charge in [0.2, 0.25) is 5.91 Å². The predicted molar refractivity (Wildman–Crippen MR) is 67.2 cm³/mol. The van der Waals surface area contributed by atoms with E-state index in [2.05, 4.69) is 5.32 Å². The van der Waals surface area contributed by atoms with E-state index in [0.717, 1.165) is 17.9 Å². The molecule has 1 heterocycles. The smallest absolute Gasteiger partial charge is 0.379 e. The van der Waals surface area contributed by atoms with Gasteiger partial charge in [0.25, 0.3) is 0 Å². The zero-order valence-corrected chi connectivity index (χ0v) is 11.6. The Morgan fingerprint density at radius 2 is 2.05 bits per heavy atom. The lowest BCUT2D eigenvalue weighted by atomic mass is 10.0. The van der Waals surface area contributed by atoms with Gasteiger partial charge in [-0.05, 0) is 25.8 Å². The fourth-order valence-electron chi connectivity index (χ4n) is 2.51. The summed E-state index contributed by atoms with van der Waals surface area (Å²) in [5, 5.41) is 3.19. The fraction of sp³-hybridized carbons (Fsp3) is 0.923. The fourth-order valence-corrected chi connectivity index (χ4v) is 2.51. The molecule has 1 saturated heterocycles. The maximum Gasteiger partial charge on any atom is 0.406 e. The van der Waals surface area contributed by atoms with Crippen LogP contribution in [0.3, 0.4) is 0 Å². The number of ether oxygens (including phenoxy) is 1. The van der Waals surface area contributed by atoms with Gasteiger partial charge in [-0.25, -0.2) is 0 Å². The summed E-state index contributed by atoms with van der Waals surface area (Å²) < 4.78 is 43.1. The van der Waals surface area contributed by atoms with E-state index in [1.165, 1.54) is 0 Å². The Hall–Kier alpha value is -0.820. The third-order valence-corrected chi connectivity index (χ3v) is 3.67. The van der Waals surface area contributed by atoms with Gasteiger partial charge in [-0.2, -0.15) is 13.2 Å². The monoisotopic (exact) mass is 294 g/mol. The molecule has 0 spiro atoms. The molecule has 0 aromatic heterocycles. The molecule has 2 fully saturated rings. The molecule has 2 rings (SSSR count). The van der Waals surface area contributed by atoms with Crippen molar-refractivity contribution < 1.29 is 22.7 Å². The molecule has 0 radical (unpaired) electrons. The van der Waals surface area contributed by atoms with Crippen molar-refractivity contribution in [3.05, 3.63) is 0 Å². The molecule has 2 atom stereocenters. The third kappa shape index (κ3) is 4.09. The van der Waals surface area contributed by atoms with E-state index in [1.807, 2.05) is 6.92 Å². The topological polar surface area (TPSA) is 41.6 Å². The average molecular weight is 294 g/mol. The van der Waals surface area contributed by atoms with Gasteiger partial charge in [0.05, 0.1) is 19.1 Å². The molecular weight excluding hydrogens is 273 g/mol. The average Bonchev–Trinajstić information content (AvgIpc) is 3.10. The molecule has 1 aliphatic carbocycles. The maximum atomic E-state index is 12.6. The number of alkyl halides is 3. The molecular formula is C13H21F3N2O2. The van der Waals surface area contributed by atoms with Gasteiger partial charge in [0.1, 0.15) is 6.54 Å². The Kier molecular flexibility index (Phi) is 4.90. The summed E-state index contributed by atoms with van der Waals surface area (Å²) in [5.41, 5.74) is 0. The minimum atomic E-state index is -4.34. The van der Waals surface area contributed by atoms with Crippen molar-refractivity contribution in [3.8, 4) is 0 Å². The van der Waals surface area contributed by atoms with Crippen molar-refractivity contribution >= 4 is 5.91 Å². The first kappa shape index (κ1) is 15.6. The first-order chi connectivity index (χ1) is 9.42. The summed E-state index contributed by atoms with van der Waals surface area (Å²) in [5.74, 6) is -0.916. The van der Waals surface area contributed by atoms with Gasteiger partial charge in [-0.1, -0.05) is 6.92 Å². The molecule has 116 valence electrons. The number of carbonyl (C=O) groups excluding carboxylic acids is 1. The molecule has 1 aliphatic heterocycles. The Morgan fingerprint density at radius 1 is 1.35 bits per heavy atom. The van der Waals surface area contributed by atoms with Crippen molar-refractivity contribution in [1.29, 1.82) is 0 Å². The van der Waals surface area contributed by atoms with Crippen molar-refractivity contribution in [2.75, 3.05) is 26.3 Å². The molecule has 20 heavy (non-hydrogen) atoms. The minimum absolute atomic E-state index is 0.170. The summed E-state index contributed by atoms with van der Waals surface area (Å²) in [6.45, 7) is 2.19. The van der Waals surface area contributed by atoms with Crippen molar-refractivity contribution in [2.24, 2.45) is 5.92 Å². The van der Waals surface area contributed by atoms with Crippen molar-refractivity contribution in [3.63, 3.8) is 0 Å². The van der Waals surface area contributed by atoms with Gasteiger partial charge in [0, 0.05) is 12.1 Å². The van der Waals surface area contributed by atoms with Gasteiger partial charge >= 0.3 is 6.18 Å². The van der Waals surface area contributed by atoms with Crippen LogP contribution in [-0.2, 0) is 9.53 Å². The molecule has 7 heteroatoms. The zero-order chi connectivity index (χ0) is 14.8. The Balaban J connectivity index is 1.99. The van der Waals surface area contributed by atoms with Crippen LogP contribution in [0.5, 0.6) is 0 Å². The van der Waals surface area contributed by atoms with E-state index in [9.17, 15) is 18.0 Å². The number of amides is 1. The van der Waals surface area contributed by atoms with Crippen LogP contribution in [0.4, 0.5) is 13.2 Å². The molecule has 1 amide bonds. The number of hydrogen-bond acceptors (Lipinski definition) is 3. The van der Waals surface area contributed by atoms with Crippen LogP contribution in [0.25, 0.3) is 0 Å². The number of nitrogens with zero attached hydrogens (tertiary/aromatic N) is 1. The van der Waals surface area contributed by atoms with E-state index >= 15 is 0 Å². The van der Waals surface area contributed by atoms with Crippen LogP contribution in [0.1, 0.15) is 26.2 Å². The number of carbonyl (C=O) groups is 1. The van der Waals surface area contributed by atoms with Crippen LogP contribution in [0.2, 0.25) is 0 Å². The van der Waals surface area contributed by atoms with E-state index in [-0.39, 0.29) is 18.7 Å². The van der Waals surface area contributed by atoms with Crippen molar-refractivity contribution in [1.82, 2.24) is 10.2 Å². The first-order valence-corrected chi connectivity index (χ1v) is 7.10. The third-order valence-electron chi connectivity index (χ3n) is 3.67. The van der Waals surface area contributed by atoms with E-state index < -0.39 is 24.5 Å². The maximum absolute atomic E-state index is 12.6. The Bertz CT molecular complexity index is 345. The summed E-state index contributed by atoms with van der Waals surface area (Å²) in [6, 6.07) is -0.409. The highest BCUT2D eigenvalue weighted by atomic mass is 19.4. The molecule has 0 aromatic rings. The molecule has 0 bridgehead atoms. The number of halogens is 3. The van der Waals surface area contributed by atoms with Gasteiger partial charge < -0.3 is 15.0 Å². The van der Waals surface area contributed by atoms with Gasteiger partial charge in [-0.3, -0.25) is 4.79 Å². The second-order valence-electron chi connectivity index (χ2n) is 5.52. The number of rotatable bonds is 6. The summed E-state index contributed by atoms with van der Waals surface area (Å²) in [7, 11) is 0. The Labute approximate surface area is 116 Å². The highest BCUT2D eigenvalue weighted by molar-refractivity contribution is 5.80. The van der Waals surface area contributed by atoms with Crippen LogP contribution < -0.4 is 5.32 Å². The van der Waals surface area contributed by atoms with E-state index in [4.69, 9.17) is 4.74 Å². The van der Waals surface area contributed by atoms with E-state index in [0.29, 0.717) is 19.4 Å². The largest absolute Gasteiger partial charge is 0.406 e. The van der Waals surface area contributed by atoms with Gasteiger partial charge in [0.15, 0.2) is 0 Å². The molecule has 1 N–H and O–H groups in total. The lowest BCUT2D eigenvalue weighted by Gasteiger charge is -2.28. The van der Waals surface area contributed by atoms with Crippen LogP contribution in [0.15, 0.2) is 0 Å². The van der Waals surface area contributed by atoms with Gasteiger partial charge in [-0.15, -0.1) is 0 Å².